The molecular formula is C30H35F3N6O2. The van der Waals surface area contributed by atoms with Gasteiger partial charge in [-0.1, -0.05) is 43.2 Å². The van der Waals surface area contributed by atoms with Crippen LogP contribution >= 0.6 is 0 Å². The number of aryl methyl sites for hydroxylation is 1. The summed E-state index contributed by atoms with van der Waals surface area (Å²) in [5, 5.41) is 12.9. The first-order valence-electron chi connectivity index (χ1n) is 14.2. The van der Waals surface area contributed by atoms with Gasteiger partial charge in [0.25, 0.3) is 0 Å². The van der Waals surface area contributed by atoms with E-state index in [1.165, 1.54) is 22.4 Å². The number of rotatable bonds is 10. The van der Waals surface area contributed by atoms with Crippen molar-refractivity contribution >= 4 is 11.7 Å². The van der Waals surface area contributed by atoms with E-state index < -0.39 is 11.7 Å². The maximum atomic E-state index is 13.6. The van der Waals surface area contributed by atoms with Crippen molar-refractivity contribution < 1.29 is 22.7 Å². The van der Waals surface area contributed by atoms with Crippen LogP contribution in [0.3, 0.4) is 0 Å². The molecule has 0 radical (unpaired) electrons. The number of hydrogen-bond donors (Lipinski definition) is 1. The number of ether oxygens (including phenoxy) is 1. The van der Waals surface area contributed by atoms with Gasteiger partial charge in [0, 0.05) is 37.9 Å². The fourth-order valence-electron chi connectivity index (χ4n) is 5.53. The van der Waals surface area contributed by atoms with E-state index in [-0.39, 0.29) is 17.3 Å². The Kier molecular flexibility index (Phi) is 8.90. The highest BCUT2D eigenvalue weighted by Crippen LogP contribution is 2.37. The lowest BCUT2D eigenvalue weighted by atomic mass is 9.89. The lowest BCUT2D eigenvalue weighted by molar-refractivity contribution is -0.137. The minimum absolute atomic E-state index is 0.0184. The number of nitrogens with zero attached hydrogens (tertiary/aromatic N) is 5. The number of piperidine rings is 1. The molecule has 2 aliphatic heterocycles. The Morgan fingerprint density at radius 2 is 1.68 bits per heavy atom. The number of benzene rings is 2. The average Bonchev–Trinajstić information content (AvgIpc) is 3.40. The van der Waals surface area contributed by atoms with Crippen LogP contribution in [0.15, 0.2) is 53.6 Å². The van der Waals surface area contributed by atoms with Crippen LogP contribution in [0.1, 0.15) is 74.2 Å². The Hall–Kier alpha value is -3.89. The van der Waals surface area contributed by atoms with Gasteiger partial charge in [-0.15, -0.1) is 10.2 Å². The number of alkyl halides is 3. The Morgan fingerprint density at radius 3 is 2.41 bits per heavy atom. The predicted molar refractivity (Wildman–Crippen MR) is 149 cm³/mol. The van der Waals surface area contributed by atoms with Gasteiger partial charge < -0.3 is 15.4 Å². The van der Waals surface area contributed by atoms with E-state index in [0.717, 1.165) is 69.3 Å². The number of halogens is 3. The first kappa shape index (κ1) is 28.6. The third-order valence-electron chi connectivity index (χ3n) is 7.76. The monoisotopic (exact) mass is 568 g/mol. The van der Waals surface area contributed by atoms with Crippen LogP contribution in [0.5, 0.6) is 5.75 Å². The first-order chi connectivity index (χ1) is 19.8. The van der Waals surface area contributed by atoms with Crippen LogP contribution < -0.4 is 10.5 Å². The summed E-state index contributed by atoms with van der Waals surface area (Å²) in [5.41, 5.74) is 5.68. The lowest BCUT2D eigenvalue weighted by Gasteiger charge is -2.35. The largest absolute Gasteiger partial charge is 0.494 e. The van der Waals surface area contributed by atoms with Crippen molar-refractivity contribution in [3.05, 3.63) is 65.5 Å². The van der Waals surface area contributed by atoms with E-state index in [9.17, 15) is 18.0 Å². The number of aromatic nitrogens is 3. The molecule has 0 spiro atoms. The normalized spacial score (nSPS) is 15.9. The summed E-state index contributed by atoms with van der Waals surface area (Å²) in [6, 6.07) is 13.7. The topological polar surface area (TPSA) is 98.6 Å². The fraction of sp³-hybridized carbons (Fsp3) is 0.467. The first-order valence-corrected chi connectivity index (χ1v) is 14.2. The number of amidine groups is 1. The molecule has 41 heavy (non-hydrogen) atoms. The van der Waals surface area contributed by atoms with Gasteiger partial charge in [-0.2, -0.15) is 22.9 Å². The summed E-state index contributed by atoms with van der Waals surface area (Å²) < 4.78 is 48.3. The molecule has 2 aromatic carbocycles. The molecule has 1 amide bonds. The summed E-state index contributed by atoms with van der Waals surface area (Å²) >= 11 is 0. The predicted octanol–water partition coefficient (Wildman–Crippen LogP) is 5.77. The zero-order chi connectivity index (χ0) is 28.8. The number of carbonyl (C=O) groups excluding carboxylic acids is 1. The van der Waals surface area contributed by atoms with Crippen molar-refractivity contribution in [2.45, 2.75) is 69.9 Å². The number of primary amides is 1. The molecule has 8 nitrogen and oxygen atoms in total. The van der Waals surface area contributed by atoms with E-state index in [4.69, 9.17) is 15.6 Å². The molecule has 1 fully saturated rings. The van der Waals surface area contributed by atoms with Gasteiger partial charge in [0.15, 0.2) is 11.6 Å². The van der Waals surface area contributed by atoms with Gasteiger partial charge in [0.2, 0.25) is 5.91 Å². The third-order valence-corrected chi connectivity index (χ3v) is 7.76. The molecule has 5 rings (SSSR count). The average molecular weight is 569 g/mol. The number of amides is 1. The highest BCUT2D eigenvalue weighted by atomic mass is 19.4. The standard InChI is InChI=1S/C30H35F3N6O2/c31-30(32,33)25-8-5-4-7-24(25)29-36-35-27-14-15-28(37-39(27)29)38-18-16-22(17-19-38)21-10-12-23(13-11-21)41-20-6-2-1-3-9-26(34)40/h4-5,7-8,10-13,22H,1-3,6,9,14-20H2,(H2,34,40). The van der Waals surface area contributed by atoms with E-state index in [1.54, 1.807) is 6.07 Å². The van der Waals surface area contributed by atoms with Crippen LogP contribution in [-0.2, 0) is 17.4 Å². The molecule has 2 aliphatic rings. The maximum Gasteiger partial charge on any atom is 0.417 e. The summed E-state index contributed by atoms with van der Waals surface area (Å²) in [6.07, 6.45) is 2.89. The van der Waals surface area contributed by atoms with Crippen LogP contribution in [0.2, 0.25) is 0 Å². The zero-order valence-electron chi connectivity index (χ0n) is 22.9. The smallest absolute Gasteiger partial charge is 0.417 e. The molecule has 1 saturated heterocycles. The Balaban J connectivity index is 1.15. The molecule has 0 bridgehead atoms. The second-order valence-corrected chi connectivity index (χ2v) is 10.6. The number of likely N-dealkylation sites (tertiary alicyclic amines) is 1. The van der Waals surface area contributed by atoms with Gasteiger partial charge in [-0.05, 0) is 55.4 Å². The van der Waals surface area contributed by atoms with E-state index in [1.807, 2.05) is 12.1 Å². The minimum atomic E-state index is -4.50. The lowest BCUT2D eigenvalue weighted by Crippen LogP contribution is -2.39. The molecule has 2 N–H and O–H groups in total. The van der Waals surface area contributed by atoms with Crippen LogP contribution in [0.4, 0.5) is 13.2 Å². The van der Waals surface area contributed by atoms with Gasteiger partial charge in [-0.25, -0.2) is 0 Å². The summed E-state index contributed by atoms with van der Waals surface area (Å²) in [7, 11) is 0. The van der Waals surface area contributed by atoms with Crippen molar-refractivity contribution in [1.82, 2.24) is 19.8 Å². The zero-order valence-corrected chi connectivity index (χ0v) is 22.9. The summed E-state index contributed by atoms with van der Waals surface area (Å²) in [5.74, 6) is 2.58. The molecule has 1 aromatic heterocycles. The molecule has 3 heterocycles. The van der Waals surface area contributed by atoms with Gasteiger partial charge in [0.1, 0.15) is 11.6 Å². The van der Waals surface area contributed by atoms with Crippen molar-refractivity contribution in [2.75, 3.05) is 19.7 Å². The van der Waals surface area contributed by atoms with E-state index in [2.05, 4.69) is 27.2 Å². The van der Waals surface area contributed by atoms with E-state index >= 15 is 0 Å². The van der Waals surface area contributed by atoms with Crippen LogP contribution in [-0.4, -0.2) is 51.2 Å². The molecule has 0 aliphatic carbocycles. The second-order valence-electron chi connectivity index (χ2n) is 10.6. The quantitative estimate of drug-likeness (QED) is 0.313. The molecular weight excluding hydrogens is 533 g/mol. The van der Waals surface area contributed by atoms with Crippen molar-refractivity contribution in [2.24, 2.45) is 10.8 Å². The second kappa shape index (κ2) is 12.7. The highest BCUT2D eigenvalue weighted by molar-refractivity contribution is 5.83. The molecule has 3 aromatic rings. The van der Waals surface area contributed by atoms with Crippen LogP contribution in [0, 0.1) is 0 Å². The summed E-state index contributed by atoms with van der Waals surface area (Å²) in [6.45, 7) is 2.29. The van der Waals surface area contributed by atoms with Crippen LogP contribution in [0.25, 0.3) is 11.4 Å². The number of unbranched alkanes of at least 4 members (excludes halogenated alkanes) is 3. The number of hydrogen-bond acceptors (Lipinski definition) is 6. The Morgan fingerprint density at radius 1 is 0.951 bits per heavy atom. The van der Waals surface area contributed by atoms with Crippen molar-refractivity contribution in [3.8, 4) is 17.1 Å². The van der Waals surface area contributed by atoms with Crippen molar-refractivity contribution in [3.63, 3.8) is 0 Å². The maximum absolute atomic E-state index is 13.6. The SMILES string of the molecule is NC(=O)CCCCCCOc1ccc(C2CCN(C3=Nn4c(nnc4-c4ccccc4C(F)(F)F)CC3)CC2)cc1. The minimum Gasteiger partial charge on any atom is -0.494 e. The summed E-state index contributed by atoms with van der Waals surface area (Å²) in [4.78, 5) is 13.0. The third kappa shape index (κ3) is 7.07. The van der Waals surface area contributed by atoms with Gasteiger partial charge >= 0.3 is 6.18 Å². The number of nitrogens with two attached hydrogens (primary N) is 1. The highest BCUT2D eigenvalue weighted by Gasteiger charge is 2.35. The fourth-order valence-corrected chi connectivity index (χ4v) is 5.53. The number of fused-ring (bicyclic) bond motifs is 1. The number of carbonyl (C=O) groups is 1. The Labute approximate surface area is 237 Å². The van der Waals surface area contributed by atoms with E-state index in [0.29, 0.717) is 37.6 Å². The van der Waals surface area contributed by atoms with Crippen molar-refractivity contribution in [1.29, 1.82) is 0 Å². The molecule has 0 saturated carbocycles. The van der Waals surface area contributed by atoms with Gasteiger partial charge in [0.05, 0.1) is 12.2 Å². The molecule has 11 heteroatoms. The van der Waals surface area contributed by atoms with Gasteiger partial charge in [-0.3, -0.25) is 4.79 Å². The molecule has 218 valence electrons. The molecule has 0 unspecified atom stereocenters. The molecule has 0 atom stereocenters. The Bertz CT molecular complexity index is 1360.